The van der Waals surface area contributed by atoms with Gasteiger partial charge in [-0.15, -0.1) is 12.4 Å². The lowest BCUT2D eigenvalue weighted by Crippen LogP contribution is -2.21. The number of hydrogen-bond acceptors (Lipinski definition) is 4. The molecule has 3 rings (SSSR count). The zero-order chi connectivity index (χ0) is 16.4. The van der Waals surface area contributed by atoms with Crippen LogP contribution in [-0.4, -0.2) is 21.3 Å². The third-order valence-corrected chi connectivity index (χ3v) is 4.13. The Balaban J connectivity index is 0.00000208. The Morgan fingerprint density at radius 1 is 0.875 bits per heavy atom. The van der Waals surface area contributed by atoms with E-state index in [0.29, 0.717) is 0 Å². The summed E-state index contributed by atoms with van der Waals surface area (Å²) in [6.45, 7) is 2.14. The zero-order valence-electron chi connectivity index (χ0n) is 14.3. The molecule has 0 amide bonds. The molecule has 1 aliphatic heterocycles. The molecule has 2 aromatic rings. The summed E-state index contributed by atoms with van der Waals surface area (Å²) < 4.78 is 16.0. The van der Waals surface area contributed by atoms with Gasteiger partial charge in [0, 0.05) is 11.7 Å². The topological polar surface area (TPSA) is 39.7 Å². The normalized spacial score (nSPS) is 15.3. The Morgan fingerprint density at radius 2 is 1.50 bits per heavy atom. The Bertz CT molecular complexity index is 741. The highest BCUT2D eigenvalue weighted by Gasteiger charge is 2.20. The number of methoxy groups -OCH3 is 3. The van der Waals surface area contributed by atoms with Crippen LogP contribution in [0.4, 0.5) is 0 Å². The molecule has 5 heteroatoms. The number of fused-ring (bicyclic) bond motifs is 1. The number of hydrogen-bond donors (Lipinski definition) is 1. The first-order valence-electron chi connectivity index (χ1n) is 7.55. The van der Waals surface area contributed by atoms with E-state index in [1.807, 2.05) is 24.3 Å². The van der Waals surface area contributed by atoms with Crippen LogP contribution >= 0.6 is 12.4 Å². The predicted molar refractivity (Wildman–Crippen MR) is 99.2 cm³/mol. The second-order valence-electron chi connectivity index (χ2n) is 5.49. The SMILES string of the molecule is COc1ccc(C2=Cc3cc(OC)c(OC)cc3C(C)N2)cc1.Cl. The molecule has 2 aromatic carbocycles. The van der Waals surface area contributed by atoms with Crippen LogP contribution in [0, 0.1) is 0 Å². The van der Waals surface area contributed by atoms with Gasteiger partial charge in [-0.1, -0.05) is 0 Å². The van der Waals surface area contributed by atoms with Crippen molar-refractivity contribution in [3.63, 3.8) is 0 Å². The second kappa shape index (κ2) is 7.49. The van der Waals surface area contributed by atoms with Gasteiger partial charge in [-0.05, 0) is 66.1 Å². The van der Waals surface area contributed by atoms with Crippen molar-refractivity contribution in [2.24, 2.45) is 0 Å². The first-order valence-corrected chi connectivity index (χ1v) is 7.55. The minimum Gasteiger partial charge on any atom is -0.497 e. The van der Waals surface area contributed by atoms with Crippen LogP contribution in [0.15, 0.2) is 36.4 Å². The molecule has 0 radical (unpaired) electrons. The molecular weight excluding hydrogens is 326 g/mol. The molecule has 1 N–H and O–H groups in total. The summed E-state index contributed by atoms with van der Waals surface area (Å²) in [7, 11) is 4.98. The van der Waals surface area contributed by atoms with Crippen molar-refractivity contribution >= 4 is 24.2 Å². The van der Waals surface area contributed by atoms with Gasteiger partial charge in [0.15, 0.2) is 11.5 Å². The third kappa shape index (κ3) is 3.29. The van der Waals surface area contributed by atoms with Crippen LogP contribution in [0.1, 0.15) is 29.7 Å². The summed E-state index contributed by atoms with van der Waals surface area (Å²) in [6.07, 6.45) is 2.14. The lowest BCUT2D eigenvalue weighted by molar-refractivity contribution is 0.354. The average molecular weight is 348 g/mol. The minimum absolute atomic E-state index is 0. The van der Waals surface area contributed by atoms with E-state index >= 15 is 0 Å². The van der Waals surface area contributed by atoms with Crippen LogP contribution in [0.5, 0.6) is 17.2 Å². The molecule has 0 bridgehead atoms. The van der Waals surface area contributed by atoms with Gasteiger partial charge in [0.05, 0.1) is 21.3 Å². The maximum absolute atomic E-state index is 5.42. The molecule has 1 heterocycles. The van der Waals surface area contributed by atoms with E-state index < -0.39 is 0 Å². The van der Waals surface area contributed by atoms with Crippen molar-refractivity contribution in [2.75, 3.05) is 21.3 Å². The van der Waals surface area contributed by atoms with Crippen molar-refractivity contribution in [1.82, 2.24) is 5.32 Å². The second-order valence-corrected chi connectivity index (χ2v) is 5.49. The average Bonchev–Trinajstić information content (AvgIpc) is 2.60. The smallest absolute Gasteiger partial charge is 0.161 e. The third-order valence-electron chi connectivity index (χ3n) is 4.13. The van der Waals surface area contributed by atoms with E-state index in [1.54, 1.807) is 21.3 Å². The van der Waals surface area contributed by atoms with Crippen LogP contribution in [-0.2, 0) is 0 Å². The number of halogens is 1. The fourth-order valence-electron chi connectivity index (χ4n) is 2.86. The summed E-state index contributed by atoms with van der Waals surface area (Å²) in [5.74, 6) is 2.34. The quantitative estimate of drug-likeness (QED) is 0.895. The van der Waals surface area contributed by atoms with Gasteiger partial charge in [-0.2, -0.15) is 0 Å². The fraction of sp³-hybridized carbons (Fsp3) is 0.263. The highest BCUT2D eigenvalue weighted by Crippen LogP contribution is 2.38. The van der Waals surface area contributed by atoms with Gasteiger partial charge in [-0.25, -0.2) is 0 Å². The lowest BCUT2D eigenvalue weighted by atomic mass is 9.94. The van der Waals surface area contributed by atoms with E-state index in [2.05, 4.69) is 30.4 Å². The largest absolute Gasteiger partial charge is 0.497 e. The Labute approximate surface area is 148 Å². The molecule has 0 aromatic heterocycles. The van der Waals surface area contributed by atoms with Crippen LogP contribution in [0.3, 0.4) is 0 Å². The number of ether oxygens (including phenoxy) is 3. The molecule has 0 aliphatic carbocycles. The van der Waals surface area contributed by atoms with Crippen molar-refractivity contribution in [2.45, 2.75) is 13.0 Å². The summed E-state index contributed by atoms with van der Waals surface area (Å²) in [5, 5.41) is 3.54. The predicted octanol–water partition coefficient (Wildman–Crippen LogP) is 4.30. The van der Waals surface area contributed by atoms with Crippen molar-refractivity contribution in [3.05, 3.63) is 53.1 Å². The highest BCUT2D eigenvalue weighted by molar-refractivity contribution is 5.85. The highest BCUT2D eigenvalue weighted by atomic mass is 35.5. The maximum Gasteiger partial charge on any atom is 0.161 e. The first kappa shape index (κ1) is 18.0. The van der Waals surface area contributed by atoms with E-state index in [1.165, 1.54) is 5.56 Å². The van der Waals surface area contributed by atoms with Gasteiger partial charge in [0.1, 0.15) is 5.75 Å². The number of rotatable bonds is 4. The van der Waals surface area contributed by atoms with E-state index in [-0.39, 0.29) is 18.4 Å². The molecule has 0 saturated carbocycles. The molecular formula is C19H22ClNO3. The van der Waals surface area contributed by atoms with Crippen molar-refractivity contribution < 1.29 is 14.2 Å². The Kier molecular flexibility index (Phi) is 5.62. The molecule has 1 atom stereocenters. The summed E-state index contributed by atoms with van der Waals surface area (Å²) in [5.41, 5.74) is 4.54. The van der Waals surface area contributed by atoms with Crippen LogP contribution < -0.4 is 19.5 Å². The standard InChI is InChI=1S/C19H21NO3.ClH/c1-12-16-11-19(23-4)18(22-3)10-14(16)9-17(20-12)13-5-7-15(21-2)8-6-13;/h5-12,20H,1-4H3;1H. The summed E-state index contributed by atoms with van der Waals surface area (Å²) >= 11 is 0. The number of nitrogens with one attached hydrogen (secondary N) is 1. The van der Waals surface area contributed by atoms with Crippen molar-refractivity contribution in [1.29, 1.82) is 0 Å². The van der Waals surface area contributed by atoms with E-state index in [9.17, 15) is 0 Å². The molecule has 4 nitrogen and oxygen atoms in total. The molecule has 0 saturated heterocycles. The first-order chi connectivity index (χ1) is 11.2. The van der Waals surface area contributed by atoms with E-state index in [0.717, 1.165) is 34.1 Å². The van der Waals surface area contributed by atoms with Gasteiger partial charge in [-0.3, -0.25) is 0 Å². The van der Waals surface area contributed by atoms with Gasteiger partial charge in [0.2, 0.25) is 0 Å². The van der Waals surface area contributed by atoms with E-state index in [4.69, 9.17) is 14.2 Å². The summed E-state index contributed by atoms with van der Waals surface area (Å²) in [6, 6.07) is 12.3. The van der Waals surface area contributed by atoms with Crippen LogP contribution in [0.2, 0.25) is 0 Å². The Morgan fingerprint density at radius 3 is 2.08 bits per heavy atom. The lowest BCUT2D eigenvalue weighted by Gasteiger charge is -2.26. The molecule has 128 valence electrons. The minimum atomic E-state index is 0. The number of benzene rings is 2. The van der Waals surface area contributed by atoms with Gasteiger partial charge >= 0.3 is 0 Å². The molecule has 24 heavy (non-hydrogen) atoms. The monoisotopic (exact) mass is 347 g/mol. The van der Waals surface area contributed by atoms with Gasteiger partial charge < -0.3 is 19.5 Å². The van der Waals surface area contributed by atoms with Gasteiger partial charge in [0.25, 0.3) is 0 Å². The van der Waals surface area contributed by atoms with Crippen LogP contribution in [0.25, 0.3) is 11.8 Å². The zero-order valence-corrected chi connectivity index (χ0v) is 15.1. The molecule has 0 spiro atoms. The van der Waals surface area contributed by atoms with Crippen molar-refractivity contribution in [3.8, 4) is 17.2 Å². The molecule has 1 aliphatic rings. The fourth-order valence-corrected chi connectivity index (χ4v) is 2.86. The maximum atomic E-state index is 5.42. The molecule has 1 unspecified atom stereocenters. The molecule has 0 fully saturated rings. The Hall–Kier alpha value is -2.33. The summed E-state index contributed by atoms with van der Waals surface area (Å²) in [4.78, 5) is 0.